The molecule has 96 valence electrons. The zero-order valence-electron chi connectivity index (χ0n) is 10.2. The van der Waals surface area contributed by atoms with Crippen molar-refractivity contribution < 1.29 is 14.4 Å². The number of likely N-dealkylation sites (tertiary alicyclic amines) is 1. The number of primary amides is 1. The molecule has 3 amide bonds. The van der Waals surface area contributed by atoms with Gasteiger partial charge in [0.05, 0.1) is 12.5 Å². The number of nitrogens with two attached hydrogens (primary N) is 1. The van der Waals surface area contributed by atoms with Gasteiger partial charge >= 0.3 is 0 Å². The summed E-state index contributed by atoms with van der Waals surface area (Å²) in [4.78, 5) is 35.5. The molecule has 1 saturated heterocycles. The first-order valence-corrected chi connectivity index (χ1v) is 5.74. The van der Waals surface area contributed by atoms with E-state index in [2.05, 4.69) is 5.32 Å². The van der Waals surface area contributed by atoms with E-state index in [0.29, 0.717) is 19.0 Å². The highest BCUT2D eigenvalue weighted by Crippen LogP contribution is 2.18. The molecule has 0 aromatic rings. The van der Waals surface area contributed by atoms with E-state index in [0.717, 1.165) is 0 Å². The lowest BCUT2D eigenvalue weighted by Gasteiger charge is -2.18. The topological polar surface area (TPSA) is 92.5 Å². The van der Waals surface area contributed by atoms with E-state index in [1.54, 1.807) is 4.90 Å². The van der Waals surface area contributed by atoms with Gasteiger partial charge in [0, 0.05) is 19.5 Å². The van der Waals surface area contributed by atoms with Crippen LogP contribution in [-0.4, -0.2) is 42.3 Å². The molecular weight excluding hydrogens is 222 g/mol. The number of nitrogens with one attached hydrogen (secondary N) is 1. The summed E-state index contributed by atoms with van der Waals surface area (Å²) in [5, 5.41) is 2.43. The fourth-order valence-corrected chi connectivity index (χ4v) is 1.88. The summed E-state index contributed by atoms with van der Waals surface area (Å²) < 4.78 is 0. The molecule has 3 N–H and O–H groups in total. The van der Waals surface area contributed by atoms with Crippen LogP contribution >= 0.6 is 0 Å². The van der Waals surface area contributed by atoms with E-state index in [1.165, 1.54) is 0 Å². The van der Waals surface area contributed by atoms with Crippen LogP contribution in [0, 0.1) is 11.8 Å². The Kier molecular flexibility index (Phi) is 4.48. The van der Waals surface area contributed by atoms with Crippen molar-refractivity contribution in [1.82, 2.24) is 10.2 Å². The summed E-state index contributed by atoms with van der Waals surface area (Å²) >= 11 is 0. The Morgan fingerprint density at radius 1 is 1.53 bits per heavy atom. The maximum absolute atomic E-state index is 11.6. The minimum absolute atomic E-state index is 0.00192. The van der Waals surface area contributed by atoms with Crippen LogP contribution in [0.3, 0.4) is 0 Å². The predicted octanol–water partition coefficient (Wildman–Crippen LogP) is -0.908. The molecule has 1 aliphatic heterocycles. The zero-order chi connectivity index (χ0) is 13.0. The lowest BCUT2D eigenvalue weighted by Crippen LogP contribution is -2.38. The standard InChI is InChI=1S/C11H19N3O3/c1-7(2)5-14-6-8(3-10(14)16)11(17)13-4-9(12)15/h7-8H,3-6H2,1-2H3,(H2,12,15)(H,13,17). The van der Waals surface area contributed by atoms with Crippen molar-refractivity contribution in [3.05, 3.63) is 0 Å². The van der Waals surface area contributed by atoms with Crippen molar-refractivity contribution in [2.75, 3.05) is 19.6 Å². The summed E-state index contributed by atoms with van der Waals surface area (Å²) in [5.41, 5.74) is 4.93. The fourth-order valence-electron chi connectivity index (χ4n) is 1.88. The molecule has 1 atom stereocenters. The number of rotatable bonds is 5. The molecule has 6 nitrogen and oxygen atoms in total. The highest BCUT2D eigenvalue weighted by molar-refractivity contribution is 5.91. The monoisotopic (exact) mass is 241 g/mol. The molecule has 0 saturated carbocycles. The smallest absolute Gasteiger partial charge is 0.236 e. The SMILES string of the molecule is CC(C)CN1CC(C(=O)NCC(N)=O)CC1=O. The molecule has 1 unspecified atom stereocenters. The Morgan fingerprint density at radius 2 is 2.18 bits per heavy atom. The average molecular weight is 241 g/mol. The highest BCUT2D eigenvalue weighted by atomic mass is 16.2. The maximum Gasteiger partial charge on any atom is 0.236 e. The minimum Gasteiger partial charge on any atom is -0.368 e. The van der Waals surface area contributed by atoms with Crippen LogP contribution in [0.5, 0.6) is 0 Å². The second-order valence-corrected chi connectivity index (χ2v) is 4.78. The van der Waals surface area contributed by atoms with E-state index < -0.39 is 5.91 Å². The van der Waals surface area contributed by atoms with Crippen LogP contribution in [0.1, 0.15) is 20.3 Å². The summed E-state index contributed by atoms with van der Waals surface area (Å²) in [5.74, 6) is -0.838. The molecule has 1 aliphatic rings. The van der Waals surface area contributed by atoms with Gasteiger partial charge in [-0.25, -0.2) is 0 Å². The van der Waals surface area contributed by atoms with Crippen LogP contribution < -0.4 is 11.1 Å². The van der Waals surface area contributed by atoms with Crippen molar-refractivity contribution >= 4 is 17.7 Å². The van der Waals surface area contributed by atoms with E-state index in [4.69, 9.17) is 5.73 Å². The van der Waals surface area contributed by atoms with Crippen LogP contribution in [-0.2, 0) is 14.4 Å². The van der Waals surface area contributed by atoms with Crippen LogP contribution in [0.4, 0.5) is 0 Å². The Morgan fingerprint density at radius 3 is 2.71 bits per heavy atom. The third-order valence-electron chi connectivity index (χ3n) is 2.61. The summed E-state index contributed by atoms with van der Waals surface area (Å²) in [6.45, 7) is 4.97. The van der Waals surface area contributed by atoms with Gasteiger partial charge in [-0.05, 0) is 5.92 Å². The quantitative estimate of drug-likeness (QED) is 0.652. The molecule has 17 heavy (non-hydrogen) atoms. The second-order valence-electron chi connectivity index (χ2n) is 4.78. The lowest BCUT2D eigenvalue weighted by atomic mass is 10.1. The Hall–Kier alpha value is -1.59. The third-order valence-corrected chi connectivity index (χ3v) is 2.61. The predicted molar refractivity (Wildman–Crippen MR) is 61.7 cm³/mol. The molecule has 0 aliphatic carbocycles. The van der Waals surface area contributed by atoms with Gasteiger partial charge in [0.15, 0.2) is 0 Å². The van der Waals surface area contributed by atoms with Crippen molar-refractivity contribution in [2.24, 2.45) is 17.6 Å². The largest absolute Gasteiger partial charge is 0.368 e. The van der Waals surface area contributed by atoms with Gasteiger partial charge in [-0.2, -0.15) is 0 Å². The Bertz CT molecular complexity index is 328. The van der Waals surface area contributed by atoms with Crippen LogP contribution in [0.25, 0.3) is 0 Å². The fraction of sp³-hybridized carbons (Fsp3) is 0.727. The van der Waals surface area contributed by atoms with Gasteiger partial charge in [-0.15, -0.1) is 0 Å². The van der Waals surface area contributed by atoms with E-state index >= 15 is 0 Å². The maximum atomic E-state index is 11.6. The average Bonchev–Trinajstić information content (AvgIpc) is 2.56. The molecule has 1 rings (SSSR count). The molecule has 0 radical (unpaired) electrons. The Labute approximate surface area is 101 Å². The molecular formula is C11H19N3O3. The number of nitrogens with zero attached hydrogens (tertiary/aromatic N) is 1. The summed E-state index contributed by atoms with van der Waals surface area (Å²) in [6, 6.07) is 0. The normalized spacial score (nSPS) is 19.8. The lowest BCUT2D eigenvalue weighted by molar-refractivity contribution is -0.129. The van der Waals surface area contributed by atoms with Crippen molar-refractivity contribution in [3.8, 4) is 0 Å². The molecule has 0 bridgehead atoms. The van der Waals surface area contributed by atoms with Crippen molar-refractivity contribution in [3.63, 3.8) is 0 Å². The van der Waals surface area contributed by atoms with Crippen molar-refractivity contribution in [1.29, 1.82) is 0 Å². The molecule has 0 spiro atoms. The van der Waals surface area contributed by atoms with E-state index in [9.17, 15) is 14.4 Å². The van der Waals surface area contributed by atoms with Gasteiger partial charge in [0.1, 0.15) is 0 Å². The summed E-state index contributed by atoms with van der Waals surface area (Å²) in [6.07, 6.45) is 0.220. The summed E-state index contributed by atoms with van der Waals surface area (Å²) in [7, 11) is 0. The number of hydrogen-bond acceptors (Lipinski definition) is 3. The van der Waals surface area contributed by atoms with Gasteiger partial charge < -0.3 is 16.0 Å². The third kappa shape index (κ3) is 4.05. The molecule has 6 heteroatoms. The number of amides is 3. The van der Waals surface area contributed by atoms with E-state index in [-0.39, 0.29) is 30.7 Å². The minimum atomic E-state index is -0.582. The zero-order valence-corrected chi connectivity index (χ0v) is 10.2. The van der Waals surface area contributed by atoms with Crippen LogP contribution in [0.15, 0.2) is 0 Å². The molecule has 1 fully saturated rings. The van der Waals surface area contributed by atoms with Gasteiger partial charge in [-0.3, -0.25) is 14.4 Å². The second kappa shape index (κ2) is 5.65. The van der Waals surface area contributed by atoms with Crippen LogP contribution in [0.2, 0.25) is 0 Å². The van der Waals surface area contributed by atoms with Crippen molar-refractivity contribution in [2.45, 2.75) is 20.3 Å². The highest BCUT2D eigenvalue weighted by Gasteiger charge is 2.34. The van der Waals surface area contributed by atoms with Gasteiger partial charge in [-0.1, -0.05) is 13.8 Å². The Balaban J connectivity index is 2.45. The molecule has 0 aromatic heterocycles. The first kappa shape index (κ1) is 13.5. The van der Waals surface area contributed by atoms with Gasteiger partial charge in [0.25, 0.3) is 0 Å². The number of hydrogen-bond donors (Lipinski definition) is 2. The molecule has 0 aromatic carbocycles. The number of carbonyl (C=O) groups is 3. The first-order chi connectivity index (χ1) is 7.90. The number of carbonyl (C=O) groups excluding carboxylic acids is 3. The van der Waals surface area contributed by atoms with E-state index in [1.807, 2.05) is 13.8 Å². The first-order valence-electron chi connectivity index (χ1n) is 5.74. The van der Waals surface area contributed by atoms with Gasteiger partial charge in [0.2, 0.25) is 17.7 Å². The molecule has 1 heterocycles.